The highest BCUT2D eigenvalue weighted by atomic mass is 16.3. The normalized spacial score (nSPS) is 90.5. The van der Waals surface area contributed by atoms with Crippen LogP contribution in [-0.4, -0.2) is 22.4 Å². The fourth-order valence-electron chi connectivity index (χ4n) is 6.15. The van der Waals surface area contributed by atoms with Crippen LogP contribution in [0.1, 0.15) is 0 Å². The quantitative estimate of drug-likeness (QED) is 0.516. The lowest BCUT2D eigenvalue weighted by atomic mass is 9.41. The molecule has 0 radical (unpaired) electrons. The zero-order valence-electron chi connectivity index (χ0n) is 6.67. The molecule has 2 N–H and O–H groups in total. The van der Waals surface area contributed by atoms with Crippen molar-refractivity contribution >= 4 is 0 Å². The minimum Gasteiger partial charge on any atom is -0.393 e. The van der Waals surface area contributed by atoms with Crippen LogP contribution in [0.3, 0.4) is 0 Å². The Labute approximate surface area is 70.6 Å². The van der Waals surface area contributed by atoms with Crippen molar-refractivity contribution in [1.29, 1.82) is 0 Å². The van der Waals surface area contributed by atoms with Crippen LogP contribution in [-0.2, 0) is 0 Å². The highest BCUT2D eigenvalue weighted by Gasteiger charge is 2.89. The summed E-state index contributed by atoms with van der Waals surface area (Å²) in [4.78, 5) is 0. The van der Waals surface area contributed by atoms with E-state index in [1.807, 2.05) is 0 Å². The number of hydrogen-bond acceptors (Lipinski definition) is 2. The summed E-state index contributed by atoms with van der Waals surface area (Å²) in [5.74, 6) is 5.51. The summed E-state index contributed by atoms with van der Waals surface area (Å²) in [6.07, 6.45) is -0.0400. The maximum absolute atomic E-state index is 9.93. The lowest BCUT2D eigenvalue weighted by Gasteiger charge is -2.63. The molecule has 4 bridgehead atoms. The molecule has 6 saturated carbocycles. The van der Waals surface area contributed by atoms with Gasteiger partial charge in [0.2, 0.25) is 0 Å². The fourth-order valence-corrected chi connectivity index (χ4v) is 6.15. The Hall–Kier alpha value is -0.0800. The molecule has 10 atom stereocenters. The summed E-state index contributed by atoms with van der Waals surface area (Å²) < 4.78 is 0. The molecule has 6 fully saturated rings. The van der Waals surface area contributed by atoms with Crippen molar-refractivity contribution in [2.45, 2.75) is 12.2 Å². The van der Waals surface area contributed by atoms with E-state index in [2.05, 4.69) is 0 Å². The molecule has 6 aliphatic rings. The van der Waals surface area contributed by atoms with Gasteiger partial charge < -0.3 is 10.2 Å². The molecule has 0 aromatic heterocycles. The molecule has 6 rings (SSSR count). The summed E-state index contributed by atoms with van der Waals surface area (Å²) in [5.41, 5.74) is 0. The van der Waals surface area contributed by atoms with Crippen LogP contribution in [0.4, 0.5) is 0 Å². The van der Waals surface area contributed by atoms with E-state index in [1.54, 1.807) is 0 Å². The van der Waals surface area contributed by atoms with E-state index in [0.717, 1.165) is 23.7 Å². The average Bonchev–Trinajstić information content (AvgIpc) is 2.45. The molecule has 2 nitrogen and oxygen atoms in total. The van der Waals surface area contributed by atoms with Gasteiger partial charge in [-0.2, -0.15) is 0 Å². The van der Waals surface area contributed by atoms with E-state index in [4.69, 9.17) is 0 Å². The molecule has 0 heterocycles. The summed E-state index contributed by atoms with van der Waals surface area (Å²) in [7, 11) is 0. The second kappa shape index (κ2) is 1.20. The molecule has 6 aliphatic carbocycles. The topological polar surface area (TPSA) is 40.5 Å². The Balaban J connectivity index is 1.83. The number of rotatable bonds is 0. The average molecular weight is 164 g/mol. The SMILES string of the molecule is O[C@@H]1[C@H]2[C@H]3[C@@H](O)[C@H]4[C@@H]2[C@@H]2[C@@H]1[C@H]3[C@H]42. The van der Waals surface area contributed by atoms with Crippen LogP contribution in [0.2, 0.25) is 0 Å². The van der Waals surface area contributed by atoms with Crippen LogP contribution >= 0.6 is 0 Å². The van der Waals surface area contributed by atoms with Gasteiger partial charge in [0.1, 0.15) is 0 Å². The maximum atomic E-state index is 9.93. The Morgan fingerprint density at radius 1 is 0.417 bits per heavy atom. The summed E-state index contributed by atoms with van der Waals surface area (Å²) >= 11 is 0. The molecule has 0 spiro atoms. The molecule has 0 saturated heterocycles. The predicted octanol–water partition coefficient (Wildman–Crippen LogP) is -0.294. The zero-order chi connectivity index (χ0) is 7.77. The molecular formula is C10H12O2. The van der Waals surface area contributed by atoms with Gasteiger partial charge in [-0.3, -0.25) is 0 Å². The first-order valence-corrected chi connectivity index (χ1v) is 5.18. The highest BCUT2D eigenvalue weighted by molar-refractivity contribution is 5.36. The first kappa shape index (κ1) is 5.61. The van der Waals surface area contributed by atoms with Crippen molar-refractivity contribution < 1.29 is 10.2 Å². The van der Waals surface area contributed by atoms with Crippen molar-refractivity contribution in [2.75, 3.05) is 0 Å². The van der Waals surface area contributed by atoms with Gasteiger partial charge in [0, 0.05) is 0 Å². The number of aliphatic hydroxyl groups excluding tert-OH is 2. The summed E-state index contributed by atoms with van der Waals surface area (Å²) in [6.45, 7) is 0. The van der Waals surface area contributed by atoms with Gasteiger partial charge in [-0.25, -0.2) is 0 Å². The third-order valence-corrected chi connectivity index (χ3v) is 6.02. The van der Waals surface area contributed by atoms with Crippen molar-refractivity contribution in [2.24, 2.45) is 47.3 Å². The molecule has 12 heavy (non-hydrogen) atoms. The Morgan fingerprint density at radius 2 is 0.667 bits per heavy atom. The number of hydrogen-bond donors (Lipinski definition) is 2. The fraction of sp³-hybridized carbons (Fsp3) is 1.00. The van der Waals surface area contributed by atoms with Crippen LogP contribution in [0.5, 0.6) is 0 Å². The maximum Gasteiger partial charge on any atom is 0.0608 e. The van der Waals surface area contributed by atoms with E-state index >= 15 is 0 Å². The second-order valence-electron chi connectivity index (χ2n) is 5.60. The lowest BCUT2D eigenvalue weighted by molar-refractivity contribution is -0.176. The van der Waals surface area contributed by atoms with Gasteiger partial charge >= 0.3 is 0 Å². The van der Waals surface area contributed by atoms with Crippen LogP contribution < -0.4 is 0 Å². The smallest absolute Gasteiger partial charge is 0.0608 e. The third kappa shape index (κ3) is 0.252. The van der Waals surface area contributed by atoms with E-state index in [1.165, 1.54) is 0 Å². The third-order valence-electron chi connectivity index (χ3n) is 6.02. The van der Waals surface area contributed by atoms with Crippen molar-refractivity contribution in [3.63, 3.8) is 0 Å². The first-order chi connectivity index (χ1) is 5.82. The van der Waals surface area contributed by atoms with E-state index in [0.29, 0.717) is 23.7 Å². The minimum atomic E-state index is -0.0200. The molecule has 0 aromatic carbocycles. The Kier molecular flexibility index (Phi) is 0.561. The van der Waals surface area contributed by atoms with Gasteiger partial charge in [0.25, 0.3) is 0 Å². The van der Waals surface area contributed by atoms with E-state index in [9.17, 15) is 10.2 Å². The van der Waals surface area contributed by atoms with Crippen LogP contribution in [0.25, 0.3) is 0 Å². The van der Waals surface area contributed by atoms with Gasteiger partial charge in [-0.15, -0.1) is 0 Å². The summed E-state index contributed by atoms with van der Waals surface area (Å²) in [5, 5.41) is 19.9. The van der Waals surface area contributed by atoms with Gasteiger partial charge in [0.05, 0.1) is 12.2 Å². The van der Waals surface area contributed by atoms with Crippen molar-refractivity contribution in [1.82, 2.24) is 0 Å². The molecule has 0 amide bonds. The second-order valence-corrected chi connectivity index (χ2v) is 5.60. The van der Waals surface area contributed by atoms with Crippen molar-refractivity contribution in [3.05, 3.63) is 0 Å². The minimum absolute atomic E-state index is 0.0200. The molecule has 0 aromatic rings. The summed E-state index contributed by atoms with van der Waals surface area (Å²) in [6, 6.07) is 0. The monoisotopic (exact) mass is 164 g/mol. The zero-order valence-corrected chi connectivity index (χ0v) is 6.67. The Morgan fingerprint density at radius 3 is 1.00 bits per heavy atom. The van der Waals surface area contributed by atoms with Crippen LogP contribution in [0, 0.1) is 47.3 Å². The number of aliphatic hydroxyl groups is 2. The van der Waals surface area contributed by atoms with E-state index < -0.39 is 0 Å². The van der Waals surface area contributed by atoms with Gasteiger partial charge in [-0.1, -0.05) is 0 Å². The first-order valence-electron chi connectivity index (χ1n) is 5.18. The van der Waals surface area contributed by atoms with Crippen LogP contribution in [0.15, 0.2) is 0 Å². The van der Waals surface area contributed by atoms with Gasteiger partial charge in [0.15, 0.2) is 0 Å². The highest BCUT2D eigenvalue weighted by Crippen LogP contribution is 2.88. The standard InChI is InChI=1S/C10H12O2/c11-9-5-1-2-4(5)8-7(9)3(1)6(2)10(8)12/h1-12H/t1-,2-,3-,4+,5-,6-,7+,8-,9+,10+/m1/s1. The predicted molar refractivity (Wildman–Crippen MR) is 39.9 cm³/mol. The molecule has 0 unspecified atom stereocenters. The largest absolute Gasteiger partial charge is 0.393 e. The molecule has 0 aliphatic heterocycles. The lowest BCUT2D eigenvalue weighted by Crippen LogP contribution is -2.61. The Bertz CT molecular complexity index is 268. The molecule has 2 heteroatoms. The molecule has 64 valence electrons. The van der Waals surface area contributed by atoms with Crippen molar-refractivity contribution in [3.8, 4) is 0 Å². The van der Waals surface area contributed by atoms with E-state index in [-0.39, 0.29) is 12.2 Å². The van der Waals surface area contributed by atoms with Gasteiger partial charge in [-0.05, 0) is 47.3 Å². The molecular weight excluding hydrogens is 152 g/mol.